The van der Waals surface area contributed by atoms with Crippen molar-refractivity contribution in [1.82, 2.24) is 10.3 Å². The van der Waals surface area contributed by atoms with E-state index in [4.69, 9.17) is 9.15 Å². The second-order valence-corrected chi connectivity index (χ2v) is 10.0. The van der Waals surface area contributed by atoms with Crippen LogP contribution in [0.3, 0.4) is 0 Å². The summed E-state index contributed by atoms with van der Waals surface area (Å²) in [6.07, 6.45) is 8.78. The molecule has 0 saturated heterocycles. The van der Waals surface area contributed by atoms with Crippen LogP contribution in [0.2, 0.25) is 0 Å². The Labute approximate surface area is 204 Å². The number of hydrogen-bond donors (Lipinski definition) is 2. The highest BCUT2D eigenvalue weighted by Crippen LogP contribution is 2.38. The third kappa shape index (κ3) is 5.65. The van der Waals surface area contributed by atoms with Crippen molar-refractivity contribution in [2.45, 2.75) is 31.9 Å². The number of hydrogen-bond acceptors (Lipinski definition) is 9. The first kappa shape index (κ1) is 23.5. The van der Waals surface area contributed by atoms with E-state index in [1.807, 2.05) is 19.0 Å². The number of thiophene rings is 1. The van der Waals surface area contributed by atoms with Gasteiger partial charge in [0.1, 0.15) is 17.2 Å². The first-order valence-corrected chi connectivity index (χ1v) is 12.2. The second kappa shape index (κ2) is 10.5. The Bertz CT molecular complexity index is 1240. The van der Waals surface area contributed by atoms with E-state index in [0.29, 0.717) is 36.4 Å². The van der Waals surface area contributed by atoms with Gasteiger partial charge in [0.2, 0.25) is 5.91 Å². The van der Waals surface area contributed by atoms with Crippen LogP contribution in [0.1, 0.15) is 32.9 Å². The van der Waals surface area contributed by atoms with E-state index in [1.54, 1.807) is 18.3 Å². The Morgan fingerprint density at radius 2 is 2.26 bits per heavy atom. The van der Waals surface area contributed by atoms with Crippen molar-refractivity contribution in [3.63, 3.8) is 0 Å². The number of nitriles is 1. The highest BCUT2D eigenvalue weighted by molar-refractivity contribution is 7.16. The van der Waals surface area contributed by atoms with Gasteiger partial charge in [0.05, 0.1) is 24.6 Å². The Kier molecular flexibility index (Phi) is 7.30. The second-order valence-electron chi connectivity index (χ2n) is 7.83. The van der Waals surface area contributed by atoms with Crippen LogP contribution in [-0.2, 0) is 28.9 Å². The predicted octanol–water partition coefficient (Wildman–Crippen LogP) is 4.17. The largest absolute Gasteiger partial charge is 0.472 e. The first-order chi connectivity index (χ1) is 16.4. The number of fused-ring (bicyclic) bond motifs is 1. The lowest BCUT2D eigenvalue weighted by atomic mass is 9.94. The van der Waals surface area contributed by atoms with Crippen molar-refractivity contribution in [3.8, 4) is 6.07 Å². The molecule has 4 rings (SSSR count). The molecule has 9 nitrogen and oxygen atoms in total. The van der Waals surface area contributed by atoms with Crippen LogP contribution in [0.5, 0.6) is 0 Å². The van der Waals surface area contributed by atoms with Gasteiger partial charge >= 0.3 is 6.09 Å². The number of carbonyl (C=O) groups is 2. The van der Waals surface area contributed by atoms with Crippen LogP contribution >= 0.6 is 22.7 Å². The molecule has 0 fully saturated rings. The topological polar surface area (TPSA) is 120 Å². The summed E-state index contributed by atoms with van der Waals surface area (Å²) in [5.41, 5.74) is 2.17. The number of anilines is 2. The Morgan fingerprint density at radius 1 is 1.41 bits per heavy atom. The molecule has 2 amide bonds. The van der Waals surface area contributed by atoms with E-state index < -0.39 is 6.09 Å². The molecule has 3 aromatic heterocycles. The summed E-state index contributed by atoms with van der Waals surface area (Å²) in [4.78, 5) is 32.7. The van der Waals surface area contributed by atoms with Crippen molar-refractivity contribution in [2.75, 3.05) is 24.3 Å². The minimum Gasteiger partial charge on any atom is -0.472 e. The molecule has 3 aromatic rings. The molecule has 0 aromatic carbocycles. The maximum Gasteiger partial charge on any atom is 0.407 e. The maximum atomic E-state index is 12.3. The monoisotopic (exact) mass is 497 g/mol. The number of nitrogens with zero attached hydrogens (tertiary/aromatic N) is 3. The molecule has 34 heavy (non-hydrogen) atoms. The molecule has 1 aliphatic carbocycles. The van der Waals surface area contributed by atoms with E-state index in [1.165, 1.54) is 41.3 Å². The molecular weight excluding hydrogens is 474 g/mol. The summed E-state index contributed by atoms with van der Waals surface area (Å²) in [5.74, 6) is -0.330. The normalized spacial score (nSPS) is 14.9. The molecule has 1 atom stereocenters. The number of aromatic nitrogens is 1. The van der Waals surface area contributed by atoms with E-state index in [0.717, 1.165) is 26.0 Å². The molecule has 11 heteroatoms. The highest BCUT2D eigenvalue weighted by Gasteiger charge is 2.28. The van der Waals surface area contributed by atoms with Crippen molar-refractivity contribution in [1.29, 1.82) is 5.26 Å². The molecule has 0 spiro atoms. The van der Waals surface area contributed by atoms with Gasteiger partial charge in [-0.15, -0.1) is 22.7 Å². The molecule has 2 N–H and O–H groups in total. The zero-order valence-corrected chi connectivity index (χ0v) is 20.3. The molecule has 176 valence electrons. The van der Waals surface area contributed by atoms with E-state index in [2.05, 4.69) is 21.7 Å². The minimum atomic E-state index is -0.483. The average Bonchev–Trinajstić information content (AvgIpc) is 3.55. The molecule has 0 radical (unpaired) electrons. The molecule has 0 saturated carbocycles. The number of amides is 2. The fraction of sp³-hybridized carbons (Fsp3) is 0.304. The number of carbonyl (C=O) groups excluding carboxylic acids is 2. The van der Waals surface area contributed by atoms with Crippen LogP contribution in [0.15, 0.2) is 35.3 Å². The zero-order valence-electron chi connectivity index (χ0n) is 18.7. The fourth-order valence-corrected chi connectivity index (χ4v) is 5.53. The standard InChI is InChI=1S/C23H23N5O4S2/c1-28(2)22-25-11-16(33-22)12-26-23(30)32-15-4-5-17-18(10-24)21(34-19(17)9-15)27-20(29)6-3-14-7-8-31-13-14/h3,6-8,11,13,15H,4-5,9,12H2,1-2H3,(H,26,30)(H,27,29). The SMILES string of the molecule is CN(C)c1ncc(CNC(=O)OC2CCc3c(sc(NC(=O)C=Cc4ccoc4)c3C#N)C2)s1. The quantitative estimate of drug-likeness (QED) is 0.470. The van der Waals surface area contributed by atoms with Gasteiger partial charge in [-0.1, -0.05) is 0 Å². The molecule has 0 aliphatic heterocycles. The van der Waals surface area contributed by atoms with Gasteiger partial charge in [-0.2, -0.15) is 5.26 Å². The summed E-state index contributed by atoms with van der Waals surface area (Å²) in [6.45, 7) is 0.350. The third-order valence-electron chi connectivity index (χ3n) is 5.14. The summed E-state index contributed by atoms with van der Waals surface area (Å²) in [5, 5.41) is 16.6. The van der Waals surface area contributed by atoms with Crippen molar-refractivity contribution in [3.05, 3.63) is 57.3 Å². The van der Waals surface area contributed by atoms with Gasteiger partial charge < -0.3 is 24.7 Å². The van der Waals surface area contributed by atoms with Gasteiger partial charge in [-0.25, -0.2) is 9.78 Å². The molecule has 1 unspecified atom stereocenters. The maximum absolute atomic E-state index is 12.3. The van der Waals surface area contributed by atoms with Crippen molar-refractivity contribution >= 4 is 50.9 Å². The van der Waals surface area contributed by atoms with Crippen LogP contribution < -0.4 is 15.5 Å². The average molecular weight is 498 g/mol. The lowest BCUT2D eigenvalue weighted by molar-refractivity contribution is -0.111. The number of rotatable bonds is 7. The Balaban J connectivity index is 1.33. The lowest BCUT2D eigenvalue weighted by Gasteiger charge is -2.22. The molecule has 3 heterocycles. The van der Waals surface area contributed by atoms with Gasteiger partial charge in [0.15, 0.2) is 5.13 Å². The number of furan rings is 1. The minimum absolute atomic E-state index is 0.291. The van der Waals surface area contributed by atoms with E-state index >= 15 is 0 Å². The zero-order chi connectivity index (χ0) is 24.1. The van der Waals surface area contributed by atoms with Crippen LogP contribution in [0, 0.1) is 11.3 Å². The van der Waals surface area contributed by atoms with Gasteiger partial charge in [-0.3, -0.25) is 4.79 Å². The molecule has 1 aliphatic rings. The third-order valence-corrected chi connectivity index (χ3v) is 7.48. The van der Waals surface area contributed by atoms with E-state index in [9.17, 15) is 14.9 Å². The number of nitrogens with one attached hydrogen (secondary N) is 2. The van der Waals surface area contributed by atoms with Crippen molar-refractivity contribution in [2.24, 2.45) is 0 Å². The predicted molar refractivity (Wildman–Crippen MR) is 131 cm³/mol. The van der Waals surface area contributed by atoms with Gasteiger partial charge in [0, 0.05) is 48.1 Å². The summed E-state index contributed by atoms with van der Waals surface area (Å²) in [7, 11) is 3.83. The number of thiazole rings is 1. The Morgan fingerprint density at radius 3 is 2.97 bits per heavy atom. The lowest BCUT2D eigenvalue weighted by Crippen LogP contribution is -2.31. The molecule has 0 bridgehead atoms. The number of ether oxygens (including phenoxy) is 1. The summed E-state index contributed by atoms with van der Waals surface area (Å²) < 4.78 is 10.6. The fourth-order valence-electron chi connectivity index (χ4n) is 3.50. The van der Waals surface area contributed by atoms with Crippen LogP contribution in [-0.4, -0.2) is 37.2 Å². The van der Waals surface area contributed by atoms with Crippen LogP contribution in [0.25, 0.3) is 6.08 Å². The smallest absolute Gasteiger partial charge is 0.407 e. The van der Waals surface area contributed by atoms with Gasteiger partial charge in [-0.05, 0) is 30.5 Å². The van der Waals surface area contributed by atoms with Crippen molar-refractivity contribution < 1.29 is 18.7 Å². The summed E-state index contributed by atoms with van der Waals surface area (Å²) in [6, 6.07) is 3.95. The number of alkyl carbamates (subject to hydrolysis) is 1. The highest BCUT2D eigenvalue weighted by atomic mass is 32.1. The van der Waals surface area contributed by atoms with Crippen LogP contribution in [0.4, 0.5) is 14.9 Å². The first-order valence-electron chi connectivity index (χ1n) is 10.6. The molecular formula is C23H23N5O4S2. The summed E-state index contributed by atoms with van der Waals surface area (Å²) >= 11 is 2.86. The Hall–Kier alpha value is -3.62. The van der Waals surface area contributed by atoms with E-state index in [-0.39, 0.29) is 12.0 Å². The van der Waals surface area contributed by atoms with Gasteiger partial charge in [0.25, 0.3) is 0 Å².